The minimum Gasteiger partial charge on any atom is -0.399 e. The first-order chi connectivity index (χ1) is 8.04. The van der Waals surface area contributed by atoms with Gasteiger partial charge in [0.25, 0.3) is 0 Å². The van der Waals surface area contributed by atoms with Crippen molar-refractivity contribution in [2.75, 3.05) is 5.73 Å². The Morgan fingerprint density at radius 3 is 2.41 bits per heavy atom. The molecule has 0 bridgehead atoms. The minimum absolute atomic E-state index is 0.180. The number of benzene rings is 1. The maximum atomic E-state index is 13.7. The molecule has 1 aromatic carbocycles. The molecule has 0 radical (unpaired) electrons. The average molecular weight is 253 g/mol. The van der Waals surface area contributed by atoms with Crippen LogP contribution >= 0.6 is 11.8 Å². The largest absolute Gasteiger partial charge is 0.399 e. The van der Waals surface area contributed by atoms with Gasteiger partial charge in [0, 0.05) is 15.8 Å². The predicted octanol–water partition coefficient (Wildman–Crippen LogP) is 4.32. The summed E-state index contributed by atoms with van der Waals surface area (Å²) in [5, 5.41) is 0.548. The molecule has 2 atom stereocenters. The van der Waals surface area contributed by atoms with E-state index in [0.29, 0.717) is 10.9 Å². The topological polar surface area (TPSA) is 26.0 Å². The van der Waals surface area contributed by atoms with Crippen LogP contribution in [-0.4, -0.2) is 5.25 Å². The van der Waals surface area contributed by atoms with Crippen LogP contribution in [0, 0.1) is 17.7 Å². The zero-order chi connectivity index (χ0) is 12.4. The molecule has 1 aromatic rings. The normalized spacial score (nSPS) is 29.2. The van der Waals surface area contributed by atoms with Crippen molar-refractivity contribution in [1.82, 2.24) is 0 Å². The van der Waals surface area contributed by atoms with Crippen LogP contribution in [0.4, 0.5) is 10.1 Å². The Bertz CT molecular complexity index is 384. The summed E-state index contributed by atoms with van der Waals surface area (Å²) in [4.78, 5) is 0.741. The van der Waals surface area contributed by atoms with Gasteiger partial charge in [0.15, 0.2) is 0 Å². The lowest BCUT2D eigenvalue weighted by molar-refractivity contribution is 0.308. The van der Waals surface area contributed by atoms with Crippen LogP contribution in [-0.2, 0) is 0 Å². The second kappa shape index (κ2) is 5.30. The maximum absolute atomic E-state index is 13.7. The lowest BCUT2D eigenvalue weighted by atomic mass is 9.83. The monoisotopic (exact) mass is 253 g/mol. The first-order valence-electron chi connectivity index (χ1n) is 6.26. The molecule has 94 valence electrons. The van der Waals surface area contributed by atoms with Gasteiger partial charge in [-0.3, -0.25) is 0 Å². The van der Waals surface area contributed by atoms with Crippen LogP contribution < -0.4 is 5.73 Å². The summed E-state index contributed by atoms with van der Waals surface area (Å²) in [6, 6.07) is 5.00. The summed E-state index contributed by atoms with van der Waals surface area (Å²) in [6.45, 7) is 4.59. The van der Waals surface area contributed by atoms with Gasteiger partial charge in [0.05, 0.1) is 0 Å². The maximum Gasteiger partial charge on any atom is 0.138 e. The molecule has 0 aromatic heterocycles. The van der Waals surface area contributed by atoms with Crippen molar-refractivity contribution in [3.63, 3.8) is 0 Å². The zero-order valence-electron chi connectivity index (χ0n) is 10.4. The summed E-state index contributed by atoms with van der Waals surface area (Å²) in [7, 11) is 0. The van der Waals surface area contributed by atoms with E-state index in [2.05, 4.69) is 13.8 Å². The number of nitrogen functional groups attached to an aromatic ring is 1. The summed E-state index contributed by atoms with van der Waals surface area (Å²) < 4.78 is 13.7. The summed E-state index contributed by atoms with van der Waals surface area (Å²) in [6.07, 6.45) is 3.69. The van der Waals surface area contributed by atoms with E-state index in [9.17, 15) is 4.39 Å². The van der Waals surface area contributed by atoms with Gasteiger partial charge in [-0.2, -0.15) is 0 Å². The first-order valence-corrected chi connectivity index (χ1v) is 7.14. The quantitative estimate of drug-likeness (QED) is 0.794. The zero-order valence-corrected chi connectivity index (χ0v) is 11.3. The molecule has 17 heavy (non-hydrogen) atoms. The van der Waals surface area contributed by atoms with Crippen molar-refractivity contribution in [1.29, 1.82) is 0 Å². The number of hydrogen-bond acceptors (Lipinski definition) is 2. The molecule has 1 aliphatic rings. The highest BCUT2D eigenvalue weighted by Gasteiger charge is 2.25. The molecular formula is C14H20FNS. The molecule has 3 heteroatoms. The Morgan fingerprint density at radius 1 is 1.18 bits per heavy atom. The number of thioether (sulfide) groups is 1. The molecule has 0 spiro atoms. The van der Waals surface area contributed by atoms with Gasteiger partial charge >= 0.3 is 0 Å². The molecule has 0 aliphatic heterocycles. The van der Waals surface area contributed by atoms with Gasteiger partial charge < -0.3 is 5.73 Å². The van der Waals surface area contributed by atoms with Crippen molar-refractivity contribution < 1.29 is 4.39 Å². The highest BCUT2D eigenvalue weighted by molar-refractivity contribution is 8.00. The van der Waals surface area contributed by atoms with Crippen LogP contribution in [0.15, 0.2) is 23.1 Å². The Balaban J connectivity index is 2.04. The van der Waals surface area contributed by atoms with E-state index in [4.69, 9.17) is 5.73 Å². The van der Waals surface area contributed by atoms with Crippen LogP contribution in [0.1, 0.15) is 33.1 Å². The number of halogens is 1. The SMILES string of the molecule is CC1CC(C)CC(Sc2ccc(N)cc2F)C1. The Morgan fingerprint density at radius 2 is 1.82 bits per heavy atom. The third kappa shape index (κ3) is 3.38. The summed E-state index contributed by atoms with van der Waals surface area (Å²) in [5.41, 5.74) is 6.05. The van der Waals surface area contributed by atoms with Crippen molar-refractivity contribution in [3.05, 3.63) is 24.0 Å². The molecule has 0 heterocycles. The molecule has 1 nitrogen and oxygen atoms in total. The molecule has 2 rings (SSSR count). The number of hydrogen-bond donors (Lipinski definition) is 1. The highest BCUT2D eigenvalue weighted by atomic mass is 32.2. The van der Waals surface area contributed by atoms with Gasteiger partial charge in [0.2, 0.25) is 0 Å². The summed E-state index contributed by atoms with van der Waals surface area (Å²) in [5.74, 6) is 1.34. The average Bonchev–Trinajstić information content (AvgIpc) is 2.21. The lowest BCUT2D eigenvalue weighted by Gasteiger charge is -2.31. The standard InChI is InChI=1S/C14H20FNS/c1-9-5-10(2)7-12(6-9)17-14-4-3-11(16)8-13(14)15/h3-4,8-10,12H,5-7,16H2,1-2H3. The molecule has 2 N–H and O–H groups in total. The van der Waals surface area contributed by atoms with E-state index >= 15 is 0 Å². The first kappa shape index (κ1) is 12.7. The fourth-order valence-corrected chi connectivity index (χ4v) is 4.29. The third-order valence-electron chi connectivity index (χ3n) is 3.38. The van der Waals surface area contributed by atoms with Gasteiger partial charge in [-0.1, -0.05) is 13.8 Å². The highest BCUT2D eigenvalue weighted by Crippen LogP contribution is 2.39. The third-order valence-corrected chi connectivity index (χ3v) is 4.69. The predicted molar refractivity (Wildman–Crippen MR) is 72.6 cm³/mol. The Hall–Kier alpha value is -0.700. The Kier molecular flexibility index (Phi) is 3.97. The molecule has 0 saturated heterocycles. The van der Waals surface area contributed by atoms with Crippen molar-refractivity contribution in [2.24, 2.45) is 11.8 Å². The molecule has 2 unspecified atom stereocenters. The smallest absolute Gasteiger partial charge is 0.138 e. The van der Waals surface area contributed by atoms with Crippen LogP contribution in [0.5, 0.6) is 0 Å². The molecule has 1 aliphatic carbocycles. The van der Waals surface area contributed by atoms with Gasteiger partial charge in [-0.05, 0) is 49.3 Å². The molecular weight excluding hydrogens is 233 g/mol. The second-order valence-electron chi connectivity index (χ2n) is 5.35. The summed E-state index contributed by atoms with van der Waals surface area (Å²) >= 11 is 1.68. The van der Waals surface area contributed by atoms with Crippen LogP contribution in [0.2, 0.25) is 0 Å². The van der Waals surface area contributed by atoms with Gasteiger partial charge in [0.1, 0.15) is 5.82 Å². The van der Waals surface area contributed by atoms with Crippen molar-refractivity contribution >= 4 is 17.4 Å². The molecule has 0 amide bonds. The number of nitrogens with two attached hydrogens (primary N) is 1. The van der Waals surface area contributed by atoms with Crippen molar-refractivity contribution in [2.45, 2.75) is 43.3 Å². The fraction of sp³-hybridized carbons (Fsp3) is 0.571. The fourth-order valence-electron chi connectivity index (χ4n) is 2.76. The van der Waals surface area contributed by atoms with E-state index in [1.807, 2.05) is 0 Å². The van der Waals surface area contributed by atoms with Crippen molar-refractivity contribution in [3.8, 4) is 0 Å². The van der Waals surface area contributed by atoms with E-state index in [-0.39, 0.29) is 5.82 Å². The van der Waals surface area contributed by atoms with Crippen LogP contribution in [0.3, 0.4) is 0 Å². The van der Waals surface area contributed by atoms with Crippen LogP contribution in [0.25, 0.3) is 0 Å². The Labute approximate surface area is 107 Å². The minimum atomic E-state index is -0.180. The number of anilines is 1. The van der Waals surface area contributed by atoms with E-state index in [1.54, 1.807) is 23.9 Å². The van der Waals surface area contributed by atoms with E-state index < -0.39 is 0 Å². The lowest BCUT2D eigenvalue weighted by Crippen LogP contribution is -2.21. The molecule has 1 saturated carbocycles. The van der Waals surface area contributed by atoms with E-state index in [1.165, 1.54) is 25.3 Å². The van der Waals surface area contributed by atoms with Gasteiger partial charge in [-0.25, -0.2) is 4.39 Å². The van der Waals surface area contributed by atoms with Gasteiger partial charge in [-0.15, -0.1) is 11.8 Å². The second-order valence-corrected chi connectivity index (χ2v) is 6.69. The molecule has 1 fully saturated rings. The number of rotatable bonds is 2. The van der Waals surface area contributed by atoms with E-state index in [0.717, 1.165) is 16.7 Å².